The molecule has 88 valence electrons. The number of nitrogens with zero attached hydrogens (tertiary/aromatic N) is 1. The van der Waals surface area contributed by atoms with Gasteiger partial charge in [-0.05, 0) is 18.8 Å². The first-order chi connectivity index (χ1) is 7.27. The van der Waals surface area contributed by atoms with Crippen molar-refractivity contribution in [3.63, 3.8) is 0 Å². The van der Waals surface area contributed by atoms with Gasteiger partial charge in [-0.2, -0.15) is 0 Å². The number of hydrogen-bond donors (Lipinski definition) is 1. The van der Waals surface area contributed by atoms with Crippen molar-refractivity contribution in [2.75, 3.05) is 19.6 Å². The van der Waals surface area contributed by atoms with Crippen LogP contribution in [0.15, 0.2) is 0 Å². The van der Waals surface area contributed by atoms with Crippen molar-refractivity contribution in [1.82, 2.24) is 10.2 Å². The molecule has 1 aliphatic rings. The van der Waals surface area contributed by atoms with Crippen molar-refractivity contribution in [3.8, 4) is 0 Å². The van der Waals surface area contributed by atoms with Crippen LogP contribution in [0.5, 0.6) is 0 Å². The first-order valence-corrected chi connectivity index (χ1v) is 6.30. The van der Waals surface area contributed by atoms with Gasteiger partial charge in [-0.15, -0.1) is 0 Å². The molecular weight excluding hydrogens is 188 g/mol. The van der Waals surface area contributed by atoms with Crippen LogP contribution in [-0.4, -0.2) is 30.6 Å². The van der Waals surface area contributed by atoms with Gasteiger partial charge in [-0.1, -0.05) is 33.1 Å². The van der Waals surface area contributed by atoms with Crippen LogP contribution in [0, 0.1) is 5.92 Å². The second-order valence-corrected chi connectivity index (χ2v) is 4.42. The van der Waals surface area contributed by atoms with Crippen LogP contribution >= 0.6 is 0 Å². The van der Waals surface area contributed by atoms with Gasteiger partial charge in [0.2, 0.25) is 0 Å². The van der Waals surface area contributed by atoms with Crippen LogP contribution in [0.4, 0.5) is 4.79 Å². The van der Waals surface area contributed by atoms with E-state index in [1.165, 1.54) is 25.7 Å². The highest BCUT2D eigenvalue weighted by Crippen LogP contribution is 2.17. The van der Waals surface area contributed by atoms with E-state index in [1.807, 2.05) is 4.90 Å². The fraction of sp³-hybridized carbons (Fsp3) is 0.917. The maximum absolute atomic E-state index is 11.3. The average molecular weight is 212 g/mol. The number of amides is 2. The molecule has 0 aliphatic carbocycles. The molecule has 0 saturated carbocycles. The molecule has 1 heterocycles. The van der Waals surface area contributed by atoms with Gasteiger partial charge in [0.15, 0.2) is 0 Å². The van der Waals surface area contributed by atoms with Crippen LogP contribution in [-0.2, 0) is 0 Å². The van der Waals surface area contributed by atoms with Crippen molar-refractivity contribution in [2.45, 2.75) is 46.0 Å². The summed E-state index contributed by atoms with van der Waals surface area (Å²) in [5.41, 5.74) is 0. The summed E-state index contributed by atoms with van der Waals surface area (Å²) in [4.78, 5) is 13.2. The predicted molar refractivity (Wildman–Crippen MR) is 62.9 cm³/mol. The smallest absolute Gasteiger partial charge is 0.317 e. The summed E-state index contributed by atoms with van der Waals surface area (Å²) < 4.78 is 0. The van der Waals surface area contributed by atoms with E-state index in [1.54, 1.807) is 0 Å². The molecule has 2 amide bonds. The molecule has 0 aromatic carbocycles. The quantitative estimate of drug-likeness (QED) is 0.691. The minimum Gasteiger partial charge on any atom is -0.336 e. The van der Waals surface area contributed by atoms with Gasteiger partial charge in [0, 0.05) is 19.6 Å². The standard InChI is InChI=1S/C12H24N2O/c1-3-6-11(4-2)7-5-9-14-10-8-13-12(14)15/h11H,3-10H2,1-2H3,(H,13,15). The number of hydrogen-bond acceptors (Lipinski definition) is 1. The van der Waals surface area contributed by atoms with E-state index in [4.69, 9.17) is 0 Å². The van der Waals surface area contributed by atoms with Gasteiger partial charge >= 0.3 is 6.03 Å². The van der Waals surface area contributed by atoms with Gasteiger partial charge in [-0.25, -0.2) is 4.79 Å². The molecule has 3 heteroatoms. The molecule has 0 aromatic heterocycles. The van der Waals surface area contributed by atoms with Crippen molar-refractivity contribution in [1.29, 1.82) is 0 Å². The third-order valence-electron chi connectivity index (χ3n) is 3.26. The summed E-state index contributed by atoms with van der Waals surface area (Å²) in [7, 11) is 0. The Morgan fingerprint density at radius 2 is 2.20 bits per heavy atom. The van der Waals surface area contributed by atoms with E-state index in [2.05, 4.69) is 19.2 Å². The summed E-state index contributed by atoms with van der Waals surface area (Å²) in [6.07, 6.45) is 6.32. The van der Waals surface area contributed by atoms with Crippen molar-refractivity contribution < 1.29 is 4.79 Å². The molecule has 1 N–H and O–H groups in total. The zero-order valence-corrected chi connectivity index (χ0v) is 10.1. The lowest BCUT2D eigenvalue weighted by Crippen LogP contribution is -2.29. The fourth-order valence-electron chi connectivity index (χ4n) is 2.26. The SMILES string of the molecule is CCCC(CC)CCCN1CCNC1=O. The third kappa shape index (κ3) is 4.10. The zero-order valence-electron chi connectivity index (χ0n) is 10.1. The van der Waals surface area contributed by atoms with Crippen LogP contribution < -0.4 is 5.32 Å². The normalized spacial score (nSPS) is 18.0. The molecule has 1 saturated heterocycles. The molecular formula is C12H24N2O. The number of carbonyl (C=O) groups is 1. The summed E-state index contributed by atoms with van der Waals surface area (Å²) >= 11 is 0. The molecule has 3 nitrogen and oxygen atoms in total. The second-order valence-electron chi connectivity index (χ2n) is 4.42. The number of urea groups is 1. The highest BCUT2D eigenvalue weighted by molar-refractivity contribution is 5.76. The van der Waals surface area contributed by atoms with Gasteiger partial charge in [0.25, 0.3) is 0 Å². The third-order valence-corrected chi connectivity index (χ3v) is 3.26. The highest BCUT2D eigenvalue weighted by Gasteiger charge is 2.18. The maximum atomic E-state index is 11.3. The summed E-state index contributed by atoms with van der Waals surface area (Å²) in [6.45, 7) is 7.17. The van der Waals surface area contributed by atoms with Gasteiger partial charge in [0.05, 0.1) is 0 Å². The molecule has 0 spiro atoms. The lowest BCUT2D eigenvalue weighted by atomic mass is 9.95. The number of carbonyl (C=O) groups excluding carboxylic acids is 1. The Balaban J connectivity index is 2.11. The molecule has 0 aromatic rings. The molecule has 1 rings (SSSR count). The van der Waals surface area contributed by atoms with Crippen molar-refractivity contribution in [3.05, 3.63) is 0 Å². The average Bonchev–Trinajstić information content (AvgIpc) is 2.63. The van der Waals surface area contributed by atoms with Gasteiger partial charge in [0.1, 0.15) is 0 Å². The van der Waals surface area contributed by atoms with Gasteiger partial charge in [-0.3, -0.25) is 0 Å². The minimum atomic E-state index is 0.124. The summed E-state index contributed by atoms with van der Waals surface area (Å²) in [5, 5.41) is 2.83. The van der Waals surface area contributed by atoms with Crippen molar-refractivity contribution in [2.24, 2.45) is 5.92 Å². The first-order valence-electron chi connectivity index (χ1n) is 6.30. The van der Waals surface area contributed by atoms with E-state index < -0.39 is 0 Å². The van der Waals surface area contributed by atoms with E-state index in [9.17, 15) is 4.79 Å². The largest absolute Gasteiger partial charge is 0.336 e. The molecule has 0 bridgehead atoms. The molecule has 1 aliphatic heterocycles. The molecule has 0 radical (unpaired) electrons. The minimum absolute atomic E-state index is 0.124. The zero-order chi connectivity index (χ0) is 11.1. The van der Waals surface area contributed by atoms with E-state index in [0.29, 0.717) is 0 Å². The highest BCUT2D eigenvalue weighted by atomic mass is 16.2. The Bertz CT molecular complexity index is 194. The fourth-order valence-corrected chi connectivity index (χ4v) is 2.26. The van der Waals surface area contributed by atoms with Gasteiger partial charge < -0.3 is 10.2 Å². The summed E-state index contributed by atoms with van der Waals surface area (Å²) in [5.74, 6) is 0.862. The molecule has 1 unspecified atom stereocenters. The van der Waals surface area contributed by atoms with E-state index in [-0.39, 0.29) is 6.03 Å². The van der Waals surface area contributed by atoms with Crippen LogP contribution in [0.1, 0.15) is 46.0 Å². The lowest BCUT2D eigenvalue weighted by molar-refractivity contribution is 0.215. The maximum Gasteiger partial charge on any atom is 0.317 e. The monoisotopic (exact) mass is 212 g/mol. The van der Waals surface area contributed by atoms with Crippen molar-refractivity contribution >= 4 is 6.03 Å². The van der Waals surface area contributed by atoms with Crippen LogP contribution in [0.2, 0.25) is 0 Å². The number of rotatable bonds is 7. The lowest BCUT2D eigenvalue weighted by Gasteiger charge is -2.17. The Kier molecular flexibility index (Phi) is 5.51. The van der Waals surface area contributed by atoms with Crippen LogP contribution in [0.25, 0.3) is 0 Å². The Morgan fingerprint density at radius 1 is 1.40 bits per heavy atom. The topological polar surface area (TPSA) is 32.3 Å². The number of nitrogens with one attached hydrogen (secondary N) is 1. The summed E-state index contributed by atoms with van der Waals surface area (Å²) in [6, 6.07) is 0.124. The molecule has 15 heavy (non-hydrogen) atoms. The first kappa shape index (κ1) is 12.3. The van der Waals surface area contributed by atoms with Crippen LogP contribution in [0.3, 0.4) is 0 Å². The van der Waals surface area contributed by atoms with E-state index in [0.717, 1.165) is 32.0 Å². The predicted octanol–water partition coefficient (Wildman–Crippen LogP) is 2.62. The molecule has 1 fully saturated rings. The Labute approximate surface area is 93.2 Å². The Morgan fingerprint density at radius 3 is 2.73 bits per heavy atom. The second kappa shape index (κ2) is 6.70. The van der Waals surface area contributed by atoms with E-state index >= 15 is 0 Å². The Hall–Kier alpha value is -0.730. The molecule has 1 atom stereocenters.